The number of methoxy groups -OCH3 is 1. The van der Waals surface area contributed by atoms with Gasteiger partial charge < -0.3 is 14.5 Å². The van der Waals surface area contributed by atoms with Gasteiger partial charge in [0.2, 0.25) is 5.91 Å². The van der Waals surface area contributed by atoms with Crippen molar-refractivity contribution in [2.24, 2.45) is 0 Å². The highest BCUT2D eigenvalue weighted by Crippen LogP contribution is 2.26. The van der Waals surface area contributed by atoms with Crippen LogP contribution in [0.4, 0.5) is 5.69 Å². The molecule has 0 bridgehead atoms. The lowest BCUT2D eigenvalue weighted by molar-refractivity contribution is -0.116. The molecule has 0 radical (unpaired) electrons. The molecule has 0 saturated carbocycles. The maximum atomic E-state index is 12.2. The number of ether oxygens (including phenoxy) is 1. The first-order valence-electron chi connectivity index (χ1n) is 8.21. The molecule has 2 aromatic carbocycles. The predicted octanol–water partition coefficient (Wildman–Crippen LogP) is 4.64. The normalized spacial score (nSPS) is 10.5. The fourth-order valence-corrected chi connectivity index (χ4v) is 3.07. The number of amides is 1. The lowest BCUT2D eigenvalue weighted by Crippen LogP contribution is -2.13. The van der Waals surface area contributed by atoms with Gasteiger partial charge >= 0.3 is 0 Å². The summed E-state index contributed by atoms with van der Waals surface area (Å²) in [6.07, 6.45) is 4.40. The van der Waals surface area contributed by atoms with Gasteiger partial charge in [-0.05, 0) is 30.5 Å². The highest BCUT2D eigenvalue weighted by Gasteiger charge is 2.11. The smallest absolute Gasteiger partial charge is 0.224 e. The summed E-state index contributed by atoms with van der Waals surface area (Å²) in [5.74, 6) is 1.89. The van der Waals surface area contributed by atoms with E-state index in [4.69, 9.17) is 9.15 Å². The van der Waals surface area contributed by atoms with Crippen LogP contribution in [-0.2, 0) is 11.2 Å². The molecule has 5 nitrogen and oxygen atoms in total. The van der Waals surface area contributed by atoms with Gasteiger partial charge in [0.15, 0.2) is 11.7 Å². The lowest BCUT2D eigenvalue weighted by atomic mass is 10.2. The second kappa shape index (κ2) is 8.58. The Kier molecular flexibility index (Phi) is 5.96. The average molecular weight is 368 g/mol. The molecule has 134 valence electrons. The topological polar surface area (TPSA) is 64.4 Å². The molecule has 0 unspecified atom stereocenters. The Labute approximate surface area is 156 Å². The van der Waals surface area contributed by atoms with Crippen LogP contribution in [0.25, 0.3) is 11.3 Å². The van der Waals surface area contributed by atoms with E-state index in [-0.39, 0.29) is 5.91 Å². The van der Waals surface area contributed by atoms with E-state index in [2.05, 4.69) is 10.3 Å². The quantitative estimate of drug-likeness (QED) is 0.615. The van der Waals surface area contributed by atoms with Gasteiger partial charge in [0, 0.05) is 23.3 Å². The third-order valence-electron chi connectivity index (χ3n) is 3.85. The van der Waals surface area contributed by atoms with Crippen molar-refractivity contribution >= 4 is 23.4 Å². The number of rotatable bonds is 7. The summed E-state index contributed by atoms with van der Waals surface area (Å²) in [4.78, 5) is 17.5. The Morgan fingerprint density at radius 1 is 1.23 bits per heavy atom. The Hall–Kier alpha value is -2.73. The van der Waals surface area contributed by atoms with Crippen LogP contribution >= 0.6 is 11.8 Å². The van der Waals surface area contributed by atoms with Crippen molar-refractivity contribution in [1.82, 2.24) is 4.98 Å². The van der Waals surface area contributed by atoms with Crippen molar-refractivity contribution in [2.75, 3.05) is 18.7 Å². The molecule has 1 amide bonds. The first-order chi connectivity index (χ1) is 12.7. The zero-order valence-electron chi connectivity index (χ0n) is 14.7. The number of carbonyl (C=O) groups excluding carboxylic acids is 1. The molecule has 0 spiro atoms. The Balaban J connectivity index is 1.60. The van der Waals surface area contributed by atoms with Gasteiger partial charge in [0.25, 0.3) is 0 Å². The number of aryl methyl sites for hydroxylation is 1. The summed E-state index contributed by atoms with van der Waals surface area (Å²) < 4.78 is 11.0. The minimum atomic E-state index is -0.0624. The number of benzene rings is 2. The number of nitrogens with one attached hydrogen (secondary N) is 1. The maximum Gasteiger partial charge on any atom is 0.224 e. The molecule has 6 heteroatoms. The number of thioether (sulfide) groups is 1. The highest BCUT2D eigenvalue weighted by atomic mass is 32.2. The van der Waals surface area contributed by atoms with Gasteiger partial charge in [-0.15, -0.1) is 11.8 Å². The van der Waals surface area contributed by atoms with Crippen molar-refractivity contribution < 1.29 is 13.9 Å². The second-order valence-corrected chi connectivity index (χ2v) is 6.45. The monoisotopic (exact) mass is 368 g/mol. The summed E-state index contributed by atoms with van der Waals surface area (Å²) in [6, 6.07) is 15.3. The number of hydrogen-bond donors (Lipinski definition) is 1. The number of anilines is 1. The number of para-hydroxylation sites is 1. The fraction of sp³-hybridized carbons (Fsp3) is 0.200. The highest BCUT2D eigenvalue weighted by molar-refractivity contribution is 7.98. The number of oxazole rings is 1. The molecule has 3 rings (SSSR count). The molecule has 0 aliphatic heterocycles. The Morgan fingerprint density at radius 2 is 2.08 bits per heavy atom. The van der Waals surface area contributed by atoms with Gasteiger partial charge in [0.1, 0.15) is 5.75 Å². The molecular weight excluding hydrogens is 348 g/mol. The van der Waals surface area contributed by atoms with E-state index in [1.165, 1.54) is 0 Å². The fourth-order valence-electron chi connectivity index (χ4n) is 2.52. The van der Waals surface area contributed by atoms with E-state index in [0.29, 0.717) is 24.5 Å². The molecule has 26 heavy (non-hydrogen) atoms. The van der Waals surface area contributed by atoms with Gasteiger partial charge in [0.05, 0.1) is 19.0 Å². The van der Waals surface area contributed by atoms with E-state index in [0.717, 1.165) is 21.9 Å². The maximum absolute atomic E-state index is 12.2. The van der Waals surface area contributed by atoms with Crippen LogP contribution in [0.2, 0.25) is 0 Å². The zero-order chi connectivity index (χ0) is 18.4. The third kappa shape index (κ3) is 4.46. The van der Waals surface area contributed by atoms with Crippen LogP contribution in [0.3, 0.4) is 0 Å². The predicted molar refractivity (Wildman–Crippen MR) is 104 cm³/mol. The zero-order valence-corrected chi connectivity index (χ0v) is 15.5. The van der Waals surface area contributed by atoms with E-state index < -0.39 is 0 Å². The number of aromatic nitrogens is 1. The minimum Gasteiger partial charge on any atom is -0.497 e. The van der Waals surface area contributed by atoms with Crippen LogP contribution in [-0.4, -0.2) is 24.3 Å². The molecule has 1 aromatic heterocycles. The first-order valence-corrected chi connectivity index (χ1v) is 9.44. The van der Waals surface area contributed by atoms with E-state index in [1.54, 1.807) is 25.1 Å². The first kappa shape index (κ1) is 18.1. The van der Waals surface area contributed by atoms with Gasteiger partial charge in [-0.25, -0.2) is 4.98 Å². The summed E-state index contributed by atoms with van der Waals surface area (Å²) in [6.45, 7) is 0. The molecule has 3 aromatic rings. The molecular formula is C20H20N2O3S. The van der Waals surface area contributed by atoms with Crippen LogP contribution in [0.5, 0.6) is 5.75 Å². The van der Waals surface area contributed by atoms with Gasteiger partial charge in [-0.3, -0.25) is 4.79 Å². The van der Waals surface area contributed by atoms with Crippen molar-refractivity contribution in [2.45, 2.75) is 17.7 Å². The third-order valence-corrected chi connectivity index (χ3v) is 4.65. The number of hydrogen-bond acceptors (Lipinski definition) is 5. The van der Waals surface area contributed by atoms with Gasteiger partial charge in [-0.1, -0.05) is 24.3 Å². The van der Waals surface area contributed by atoms with Crippen LogP contribution in [0.1, 0.15) is 12.3 Å². The summed E-state index contributed by atoms with van der Waals surface area (Å²) in [5.41, 5.74) is 1.72. The Bertz CT molecular complexity index is 892. The van der Waals surface area contributed by atoms with Crippen LogP contribution < -0.4 is 10.1 Å². The second-order valence-electron chi connectivity index (χ2n) is 5.60. The Morgan fingerprint density at radius 3 is 2.88 bits per heavy atom. The van der Waals surface area contributed by atoms with Crippen molar-refractivity contribution in [3.8, 4) is 17.1 Å². The SMILES string of the molecule is COc1cccc(-c2cnc(CCC(=O)Nc3ccccc3SC)o2)c1. The largest absolute Gasteiger partial charge is 0.497 e. The number of carbonyl (C=O) groups is 1. The molecule has 0 atom stereocenters. The molecule has 1 heterocycles. The van der Waals surface area contributed by atoms with Crippen molar-refractivity contribution in [3.05, 3.63) is 60.6 Å². The standard InChI is InChI=1S/C20H20N2O3S/c1-24-15-7-5-6-14(12-15)17-13-21-20(25-17)11-10-19(23)22-16-8-3-4-9-18(16)26-2/h3-9,12-13H,10-11H2,1-2H3,(H,22,23). The average Bonchev–Trinajstić information content (AvgIpc) is 3.16. The minimum absolute atomic E-state index is 0.0624. The lowest BCUT2D eigenvalue weighted by Gasteiger charge is -2.08. The van der Waals surface area contributed by atoms with Gasteiger partial charge in [-0.2, -0.15) is 0 Å². The molecule has 0 aliphatic rings. The number of nitrogens with zero attached hydrogens (tertiary/aromatic N) is 1. The van der Waals surface area contributed by atoms with Crippen LogP contribution in [0, 0.1) is 0 Å². The molecule has 0 aliphatic carbocycles. The molecule has 0 fully saturated rings. The summed E-state index contributed by atoms with van der Waals surface area (Å²) >= 11 is 1.60. The molecule has 1 N–H and O–H groups in total. The van der Waals surface area contributed by atoms with Crippen molar-refractivity contribution in [3.63, 3.8) is 0 Å². The van der Waals surface area contributed by atoms with Crippen molar-refractivity contribution in [1.29, 1.82) is 0 Å². The van der Waals surface area contributed by atoms with E-state index >= 15 is 0 Å². The van der Waals surface area contributed by atoms with E-state index in [9.17, 15) is 4.79 Å². The summed E-state index contributed by atoms with van der Waals surface area (Å²) in [7, 11) is 1.62. The molecule has 0 saturated heterocycles. The van der Waals surface area contributed by atoms with E-state index in [1.807, 2.05) is 54.8 Å². The summed E-state index contributed by atoms with van der Waals surface area (Å²) in [5, 5.41) is 2.94. The van der Waals surface area contributed by atoms with Crippen LogP contribution in [0.15, 0.2) is 64.0 Å².